The van der Waals surface area contributed by atoms with Gasteiger partial charge >= 0.3 is 17.0 Å². The molecular weight excluding hydrogens is 451 g/mol. The van der Waals surface area contributed by atoms with Crippen LogP contribution in [0.15, 0.2) is 28.4 Å². The van der Waals surface area contributed by atoms with Gasteiger partial charge in [-0.05, 0) is 38.5 Å². The summed E-state index contributed by atoms with van der Waals surface area (Å²) in [6.45, 7) is 3.01. The zero-order chi connectivity index (χ0) is 23.6. The fourth-order valence-electron chi connectivity index (χ4n) is 3.25. The third kappa shape index (κ3) is 5.18. The SMILES string of the molecule is Cc1csc(=O)n1CCCC(=O)O[C@H](C)C(=O)N1CC(=O)Nc2cc(C(F)(F)F)ccc21. The highest BCUT2D eigenvalue weighted by Crippen LogP contribution is 2.37. The second-order valence-corrected chi connectivity index (χ2v) is 8.05. The summed E-state index contributed by atoms with van der Waals surface area (Å²) >= 11 is 1.06. The molecule has 0 saturated heterocycles. The maximum absolute atomic E-state index is 12.9. The molecule has 1 atom stereocenters. The summed E-state index contributed by atoms with van der Waals surface area (Å²) in [5.74, 6) is -2.07. The Morgan fingerprint density at radius 1 is 1.28 bits per heavy atom. The minimum absolute atomic E-state index is 0.0363. The van der Waals surface area contributed by atoms with Crippen LogP contribution in [0.3, 0.4) is 0 Å². The van der Waals surface area contributed by atoms with Gasteiger partial charge in [0.1, 0.15) is 6.54 Å². The fourth-order valence-corrected chi connectivity index (χ4v) is 4.01. The molecule has 0 radical (unpaired) electrons. The Morgan fingerprint density at radius 3 is 2.62 bits per heavy atom. The molecule has 1 aromatic heterocycles. The minimum Gasteiger partial charge on any atom is -0.453 e. The van der Waals surface area contributed by atoms with E-state index in [1.807, 2.05) is 0 Å². The molecule has 0 aliphatic carbocycles. The van der Waals surface area contributed by atoms with Crippen LogP contribution >= 0.6 is 11.3 Å². The third-order valence-electron chi connectivity index (χ3n) is 4.85. The number of anilines is 2. The molecule has 1 aliphatic heterocycles. The van der Waals surface area contributed by atoms with Gasteiger partial charge in [0.05, 0.1) is 16.9 Å². The lowest BCUT2D eigenvalue weighted by molar-refractivity contribution is -0.154. The molecule has 172 valence electrons. The Kier molecular flexibility index (Phi) is 6.72. The van der Waals surface area contributed by atoms with E-state index in [2.05, 4.69) is 5.32 Å². The first-order valence-corrected chi connectivity index (χ1v) is 10.5. The van der Waals surface area contributed by atoms with E-state index in [-0.39, 0.29) is 22.7 Å². The zero-order valence-electron chi connectivity index (χ0n) is 17.2. The van der Waals surface area contributed by atoms with Gasteiger partial charge in [0.15, 0.2) is 6.10 Å². The number of carbonyl (C=O) groups excluding carboxylic acids is 3. The smallest absolute Gasteiger partial charge is 0.416 e. The third-order valence-corrected chi connectivity index (χ3v) is 5.73. The minimum atomic E-state index is -4.61. The fraction of sp³-hybridized carbons (Fsp3) is 0.400. The predicted molar refractivity (Wildman–Crippen MR) is 111 cm³/mol. The van der Waals surface area contributed by atoms with Crippen LogP contribution in [0.2, 0.25) is 0 Å². The molecule has 2 aromatic rings. The van der Waals surface area contributed by atoms with E-state index < -0.39 is 42.2 Å². The van der Waals surface area contributed by atoms with Gasteiger partial charge in [-0.1, -0.05) is 11.3 Å². The number of hydrogen-bond donors (Lipinski definition) is 1. The first-order chi connectivity index (χ1) is 15.0. The number of ether oxygens (including phenoxy) is 1. The van der Waals surface area contributed by atoms with Gasteiger partial charge < -0.3 is 14.6 Å². The topological polar surface area (TPSA) is 97.7 Å². The summed E-state index contributed by atoms with van der Waals surface area (Å²) in [6, 6.07) is 2.64. The number of aromatic nitrogens is 1. The normalized spacial score (nSPS) is 14.5. The summed E-state index contributed by atoms with van der Waals surface area (Å²) in [5.41, 5.74) is -0.254. The number of amides is 2. The number of alkyl halides is 3. The van der Waals surface area contributed by atoms with E-state index in [1.165, 1.54) is 11.5 Å². The maximum atomic E-state index is 12.9. The summed E-state index contributed by atoms with van der Waals surface area (Å²) < 4.78 is 45.5. The van der Waals surface area contributed by atoms with Crippen LogP contribution in [0.25, 0.3) is 0 Å². The van der Waals surface area contributed by atoms with Crippen molar-refractivity contribution in [1.82, 2.24) is 4.57 Å². The first-order valence-electron chi connectivity index (χ1n) is 9.64. The first kappa shape index (κ1) is 23.5. The number of nitrogens with zero attached hydrogens (tertiary/aromatic N) is 2. The number of hydrogen-bond acceptors (Lipinski definition) is 6. The molecular formula is C20H20F3N3O5S. The Morgan fingerprint density at radius 2 is 2.00 bits per heavy atom. The summed E-state index contributed by atoms with van der Waals surface area (Å²) in [7, 11) is 0. The molecule has 1 aromatic carbocycles. The largest absolute Gasteiger partial charge is 0.453 e. The zero-order valence-corrected chi connectivity index (χ0v) is 18.0. The van der Waals surface area contributed by atoms with Crippen LogP contribution in [0, 0.1) is 6.92 Å². The van der Waals surface area contributed by atoms with Gasteiger partial charge in [-0.2, -0.15) is 13.2 Å². The summed E-state index contributed by atoms with van der Waals surface area (Å²) in [4.78, 5) is 49.4. The Hall–Kier alpha value is -3.15. The monoisotopic (exact) mass is 471 g/mol. The van der Waals surface area contributed by atoms with Gasteiger partial charge in [0.2, 0.25) is 5.91 Å². The van der Waals surface area contributed by atoms with Crippen molar-refractivity contribution in [2.75, 3.05) is 16.8 Å². The van der Waals surface area contributed by atoms with Crippen molar-refractivity contribution in [3.05, 3.63) is 44.5 Å². The average Bonchev–Trinajstić information content (AvgIpc) is 3.03. The number of nitrogens with one attached hydrogen (secondary N) is 1. The molecule has 0 spiro atoms. The van der Waals surface area contributed by atoms with Crippen LogP contribution in [-0.4, -0.2) is 35.0 Å². The Balaban J connectivity index is 1.63. The molecule has 3 rings (SSSR count). The molecule has 1 aliphatic rings. The highest BCUT2D eigenvalue weighted by atomic mass is 32.1. The van der Waals surface area contributed by atoms with Gasteiger partial charge in [-0.25, -0.2) is 0 Å². The molecule has 0 fully saturated rings. The molecule has 2 amide bonds. The van der Waals surface area contributed by atoms with Crippen molar-refractivity contribution in [2.24, 2.45) is 0 Å². The van der Waals surface area contributed by atoms with E-state index in [0.29, 0.717) is 13.0 Å². The van der Waals surface area contributed by atoms with E-state index in [0.717, 1.165) is 40.1 Å². The summed E-state index contributed by atoms with van der Waals surface area (Å²) in [5, 5.41) is 4.03. The molecule has 0 saturated carbocycles. The van der Waals surface area contributed by atoms with E-state index >= 15 is 0 Å². The van der Waals surface area contributed by atoms with Crippen LogP contribution in [0.1, 0.15) is 31.0 Å². The number of benzene rings is 1. The second-order valence-electron chi connectivity index (χ2n) is 7.23. The van der Waals surface area contributed by atoms with Crippen molar-refractivity contribution in [3.63, 3.8) is 0 Å². The van der Waals surface area contributed by atoms with E-state index in [4.69, 9.17) is 4.74 Å². The quantitative estimate of drug-likeness (QED) is 0.654. The number of rotatable bonds is 6. The lowest BCUT2D eigenvalue weighted by Crippen LogP contribution is -2.47. The Bertz CT molecular complexity index is 1110. The number of aryl methyl sites for hydroxylation is 1. The van der Waals surface area contributed by atoms with Crippen LogP contribution in [0.5, 0.6) is 0 Å². The number of halogens is 3. The van der Waals surface area contributed by atoms with Crippen molar-refractivity contribution < 1.29 is 32.3 Å². The lowest BCUT2D eigenvalue weighted by atomic mass is 10.1. The van der Waals surface area contributed by atoms with Crippen molar-refractivity contribution in [1.29, 1.82) is 0 Å². The van der Waals surface area contributed by atoms with Gasteiger partial charge in [0, 0.05) is 24.0 Å². The van der Waals surface area contributed by atoms with Crippen LogP contribution in [-0.2, 0) is 31.8 Å². The standard InChI is InChI=1S/C20H20F3N3O5S/c1-11-10-32-19(30)25(11)7-3-4-17(28)31-12(2)18(29)26-9-16(27)24-14-8-13(20(21,22)23)5-6-15(14)26/h5-6,8,10,12H,3-4,7,9H2,1-2H3,(H,24,27)/t12-/m1/s1. The molecule has 0 bridgehead atoms. The lowest BCUT2D eigenvalue weighted by Gasteiger charge is -2.31. The van der Waals surface area contributed by atoms with Crippen molar-refractivity contribution >= 4 is 40.5 Å². The number of thiazole rings is 1. The molecule has 1 N–H and O–H groups in total. The maximum Gasteiger partial charge on any atom is 0.416 e. The van der Waals surface area contributed by atoms with Crippen molar-refractivity contribution in [2.45, 2.75) is 45.5 Å². The molecule has 2 heterocycles. The average molecular weight is 471 g/mol. The summed E-state index contributed by atoms with van der Waals surface area (Å²) in [6.07, 6.45) is -5.58. The van der Waals surface area contributed by atoms with E-state index in [9.17, 15) is 32.3 Å². The van der Waals surface area contributed by atoms with Gasteiger partial charge in [-0.3, -0.25) is 24.1 Å². The highest BCUT2D eigenvalue weighted by Gasteiger charge is 2.35. The molecule has 0 unspecified atom stereocenters. The number of fused-ring (bicyclic) bond motifs is 1. The predicted octanol–water partition coefficient (Wildman–Crippen LogP) is 2.93. The van der Waals surface area contributed by atoms with Crippen LogP contribution < -0.4 is 15.1 Å². The van der Waals surface area contributed by atoms with E-state index in [1.54, 1.807) is 12.3 Å². The molecule has 12 heteroatoms. The molecule has 8 nitrogen and oxygen atoms in total. The highest BCUT2D eigenvalue weighted by molar-refractivity contribution is 7.07. The van der Waals surface area contributed by atoms with Gasteiger partial charge in [-0.15, -0.1) is 0 Å². The molecule has 32 heavy (non-hydrogen) atoms. The van der Waals surface area contributed by atoms with Crippen molar-refractivity contribution in [3.8, 4) is 0 Å². The second kappa shape index (κ2) is 9.15. The van der Waals surface area contributed by atoms with Crippen LogP contribution in [0.4, 0.5) is 24.5 Å². The Labute approximate surface area is 184 Å². The number of esters is 1. The number of carbonyl (C=O) groups is 3. The van der Waals surface area contributed by atoms with Gasteiger partial charge in [0.25, 0.3) is 5.91 Å².